The number of nitriles is 1. The number of hydrogen-bond acceptors (Lipinski definition) is 7. The van der Waals surface area contributed by atoms with Crippen LogP contribution in [0.25, 0.3) is 10.2 Å². The van der Waals surface area contributed by atoms with Gasteiger partial charge in [0.25, 0.3) is 5.56 Å². The molecule has 0 spiro atoms. The number of methoxy groups -OCH3 is 1. The van der Waals surface area contributed by atoms with Crippen molar-refractivity contribution in [1.82, 2.24) is 9.13 Å². The van der Waals surface area contributed by atoms with Crippen LogP contribution in [0.2, 0.25) is 0 Å². The van der Waals surface area contributed by atoms with Gasteiger partial charge in [-0.05, 0) is 45.2 Å². The number of hydrogen-bond donors (Lipinski definition) is 1. The van der Waals surface area contributed by atoms with E-state index in [2.05, 4.69) is 6.07 Å². The Morgan fingerprint density at radius 1 is 1.24 bits per heavy atom. The van der Waals surface area contributed by atoms with Gasteiger partial charge in [0.1, 0.15) is 33.2 Å². The van der Waals surface area contributed by atoms with Crippen molar-refractivity contribution in [3.8, 4) is 11.8 Å². The molecule has 0 amide bonds. The number of carbonyl (C=O) groups is 1. The van der Waals surface area contributed by atoms with Crippen molar-refractivity contribution in [2.75, 3.05) is 7.11 Å². The van der Waals surface area contributed by atoms with Crippen LogP contribution in [0.1, 0.15) is 68.1 Å². The van der Waals surface area contributed by atoms with Gasteiger partial charge in [0.05, 0.1) is 25.1 Å². The number of rotatable bonds is 8. The van der Waals surface area contributed by atoms with Crippen LogP contribution in [-0.2, 0) is 21.6 Å². The number of thiophene rings is 1. The summed E-state index contributed by atoms with van der Waals surface area (Å²) in [6, 6.07) is 9.51. The molecule has 1 aromatic carbocycles. The van der Waals surface area contributed by atoms with E-state index in [4.69, 9.17) is 9.47 Å². The number of para-hydroxylation sites is 1. The first kappa shape index (κ1) is 26.6. The molecule has 196 valence electrons. The first-order chi connectivity index (χ1) is 17.6. The summed E-state index contributed by atoms with van der Waals surface area (Å²) in [6.45, 7) is 4.30. The molecular formula is C27H31N3O6S. The normalized spacial score (nSPS) is 15.4. The monoisotopic (exact) mass is 525 g/mol. The summed E-state index contributed by atoms with van der Waals surface area (Å²) in [4.78, 5) is 40.1. The lowest BCUT2D eigenvalue weighted by Crippen LogP contribution is -2.52. The maximum Gasteiger partial charge on any atom is 0.333 e. The molecule has 37 heavy (non-hydrogen) atoms. The highest BCUT2D eigenvalue weighted by molar-refractivity contribution is 7.19. The summed E-state index contributed by atoms with van der Waals surface area (Å²) in [7, 11) is 1.57. The number of aryl methyl sites for hydroxylation is 1. The largest absolute Gasteiger partial charge is 0.496 e. The first-order valence-electron chi connectivity index (χ1n) is 12.3. The summed E-state index contributed by atoms with van der Waals surface area (Å²) in [5.74, 6) is -0.711. The topological polar surface area (TPSA) is 124 Å². The second kappa shape index (κ2) is 10.5. The second-order valence-electron chi connectivity index (χ2n) is 9.87. The van der Waals surface area contributed by atoms with Gasteiger partial charge in [-0.2, -0.15) is 5.26 Å². The Morgan fingerprint density at radius 2 is 1.92 bits per heavy atom. The fourth-order valence-corrected chi connectivity index (χ4v) is 6.05. The number of ether oxygens (including phenoxy) is 2. The Kier molecular flexibility index (Phi) is 7.57. The van der Waals surface area contributed by atoms with Gasteiger partial charge < -0.3 is 14.6 Å². The molecule has 0 aliphatic heterocycles. The van der Waals surface area contributed by atoms with E-state index in [1.807, 2.05) is 24.3 Å². The van der Waals surface area contributed by atoms with E-state index < -0.39 is 28.9 Å². The summed E-state index contributed by atoms with van der Waals surface area (Å²) in [6.07, 6.45) is 4.46. The van der Waals surface area contributed by atoms with E-state index in [0.717, 1.165) is 53.6 Å². The van der Waals surface area contributed by atoms with Gasteiger partial charge in [0.15, 0.2) is 0 Å². The van der Waals surface area contributed by atoms with E-state index in [9.17, 15) is 24.8 Å². The molecule has 0 saturated heterocycles. The number of aliphatic carboxylic acids is 1. The zero-order chi connectivity index (χ0) is 26.9. The summed E-state index contributed by atoms with van der Waals surface area (Å²) in [5, 5.41) is 19.7. The SMILES string of the molecule is COc1ccccc1[C@H](Cn1c(=O)n(C(C)(C)C(=O)O)c(=O)c2c(C)c(C#N)sc21)OC1CCCCC1. The Labute approximate surface area is 218 Å². The van der Waals surface area contributed by atoms with Crippen LogP contribution in [-0.4, -0.2) is 33.4 Å². The fourth-order valence-electron chi connectivity index (χ4n) is 4.95. The minimum atomic E-state index is -1.81. The molecule has 1 saturated carbocycles. The maximum absolute atomic E-state index is 13.9. The van der Waals surface area contributed by atoms with Crippen molar-refractivity contribution in [2.45, 2.75) is 77.2 Å². The molecular weight excluding hydrogens is 494 g/mol. The second-order valence-corrected chi connectivity index (χ2v) is 10.9. The molecule has 9 nitrogen and oxygen atoms in total. The molecule has 0 unspecified atom stereocenters. The molecule has 1 N–H and O–H groups in total. The number of benzene rings is 1. The Bertz CT molecular complexity index is 1490. The molecule has 1 aliphatic carbocycles. The third kappa shape index (κ3) is 4.81. The van der Waals surface area contributed by atoms with Crippen molar-refractivity contribution >= 4 is 27.5 Å². The van der Waals surface area contributed by atoms with E-state index in [1.165, 1.54) is 18.4 Å². The van der Waals surface area contributed by atoms with Crippen LogP contribution in [0.3, 0.4) is 0 Å². The lowest BCUT2D eigenvalue weighted by Gasteiger charge is -2.30. The number of fused-ring (bicyclic) bond motifs is 1. The van der Waals surface area contributed by atoms with Gasteiger partial charge in [-0.3, -0.25) is 9.36 Å². The molecule has 4 rings (SSSR count). The molecule has 2 heterocycles. The summed E-state index contributed by atoms with van der Waals surface area (Å²) in [5.41, 5.74) is -2.11. The number of aromatic nitrogens is 2. The molecule has 1 atom stereocenters. The summed E-state index contributed by atoms with van der Waals surface area (Å²) < 4.78 is 14.4. The Morgan fingerprint density at radius 3 is 2.54 bits per heavy atom. The first-order valence-corrected chi connectivity index (χ1v) is 13.1. The zero-order valence-corrected chi connectivity index (χ0v) is 22.3. The number of carboxylic acids is 1. The Balaban J connectivity index is 1.97. The van der Waals surface area contributed by atoms with E-state index >= 15 is 0 Å². The molecule has 1 aliphatic rings. The Hall–Kier alpha value is -3.42. The van der Waals surface area contributed by atoms with Gasteiger partial charge in [0, 0.05) is 5.56 Å². The summed E-state index contributed by atoms with van der Waals surface area (Å²) >= 11 is 1.05. The third-order valence-corrected chi connectivity index (χ3v) is 8.36. The van der Waals surface area contributed by atoms with Crippen molar-refractivity contribution in [3.05, 3.63) is 61.1 Å². The highest BCUT2D eigenvalue weighted by Gasteiger charge is 2.36. The van der Waals surface area contributed by atoms with Gasteiger partial charge in [-0.1, -0.05) is 37.5 Å². The van der Waals surface area contributed by atoms with Crippen LogP contribution in [0, 0.1) is 18.3 Å². The predicted molar refractivity (Wildman–Crippen MR) is 140 cm³/mol. The van der Waals surface area contributed by atoms with Gasteiger partial charge >= 0.3 is 11.7 Å². The van der Waals surface area contributed by atoms with Gasteiger partial charge in [-0.15, -0.1) is 11.3 Å². The standard InChI is InChI=1S/C27H31N3O6S/c1-16-21(14-28)37-24-22(16)23(31)30(27(2,3)25(32)33)26(34)29(24)15-20(36-17-10-6-5-7-11-17)18-12-8-9-13-19(18)35-4/h8-9,12-13,17,20H,5-7,10-11,15H2,1-4H3,(H,32,33)/t20-/m0/s1. The zero-order valence-electron chi connectivity index (χ0n) is 21.4. The lowest BCUT2D eigenvalue weighted by atomic mass is 9.97. The average molecular weight is 526 g/mol. The van der Waals surface area contributed by atoms with E-state index in [1.54, 1.807) is 14.0 Å². The van der Waals surface area contributed by atoms with Crippen LogP contribution in [0.15, 0.2) is 33.9 Å². The minimum absolute atomic E-state index is 0.00374. The van der Waals surface area contributed by atoms with Crippen molar-refractivity contribution in [3.63, 3.8) is 0 Å². The lowest BCUT2D eigenvalue weighted by molar-refractivity contribution is -0.146. The smallest absolute Gasteiger partial charge is 0.333 e. The molecule has 1 fully saturated rings. The molecule has 0 bridgehead atoms. The van der Waals surface area contributed by atoms with Gasteiger partial charge in [0.2, 0.25) is 0 Å². The molecule has 3 aromatic rings. The average Bonchev–Trinajstić information content (AvgIpc) is 3.22. The maximum atomic E-state index is 13.9. The van der Waals surface area contributed by atoms with Crippen molar-refractivity contribution in [1.29, 1.82) is 5.26 Å². The minimum Gasteiger partial charge on any atom is -0.496 e. The molecule has 0 radical (unpaired) electrons. The van der Waals surface area contributed by atoms with Crippen LogP contribution >= 0.6 is 11.3 Å². The van der Waals surface area contributed by atoms with E-state index in [-0.39, 0.29) is 18.0 Å². The van der Waals surface area contributed by atoms with Crippen LogP contribution < -0.4 is 16.0 Å². The number of nitrogens with zero attached hydrogens (tertiary/aromatic N) is 3. The predicted octanol–water partition coefficient (Wildman–Crippen LogP) is 4.32. The molecule has 2 aromatic heterocycles. The quantitative estimate of drug-likeness (QED) is 0.464. The highest BCUT2D eigenvalue weighted by atomic mass is 32.1. The van der Waals surface area contributed by atoms with Crippen LogP contribution in [0.4, 0.5) is 0 Å². The van der Waals surface area contributed by atoms with Gasteiger partial charge in [-0.25, -0.2) is 14.2 Å². The number of carboxylic acid groups (broad SMARTS) is 1. The van der Waals surface area contributed by atoms with Crippen molar-refractivity contribution in [2.24, 2.45) is 0 Å². The van der Waals surface area contributed by atoms with E-state index in [0.29, 0.717) is 21.0 Å². The van der Waals surface area contributed by atoms with Crippen molar-refractivity contribution < 1.29 is 19.4 Å². The van der Waals surface area contributed by atoms with Crippen LogP contribution in [0.5, 0.6) is 5.75 Å². The molecule has 10 heteroatoms. The third-order valence-electron chi connectivity index (χ3n) is 7.14. The highest BCUT2D eigenvalue weighted by Crippen LogP contribution is 2.35. The fraction of sp³-hybridized carbons (Fsp3) is 0.481.